The Labute approximate surface area is 153 Å². The molecule has 2 rings (SSSR count). The minimum atomic E-state index is 0.813. The van der Waals surface area contributed by atoms with E-state index in [0.717, 1.165) is 19.0 Å². The lowest BCUT2D eigenvalue weighted by Crippen LogP contribution is -2.44. The minimum absolute atomic E-state index is 0.813. The van der Waals surface area contributed by atoms with Crippen molar-refractivity contribution >= 4 is 5.96 Å². The first-order valence-corrected chi connectivity index (χ1v) is 9.50. The molecule has 1 fully saturated rings. The van der Waals surface area contributed by atoms with E-state index in [1.54, 1.807) is 0 Å². The molecule has 0 atom stereocenters. The first-order valence-electron chi connectivity index (χ1n) is 9.50. The van der Waals surface area contributed by atoms with Gasteiger partial charge in [0.2, 0.25) is 0 Å². The number of aryl methyl sites for hydroxylation is 2. The summed E-state index contributed by atoms with van der Waals surface area (Å²) < 4.78 is 0. The number of rotatable bonds is 7. The number of hydrogen-bond donors (Lipinski definition) is 2. The summed E-state index contributed by atoms with van der Waals surface area (Å²) in [6, 6.07) is 6.59. The van der Waals surface area contributed by atoms with Crippen LogP contribution in [0.15, 0.2) is 23.2 Å². The van der Waals surface area contributed by atoms with E-state index in [1.807, 2.05) is 7.05 Å². The van der Waals surface area contributed by atoms with Crippen molar-refractivity contribution in [1.29, 1.82) is 0 Å². The van der Waals surface area contributed by atoms with Crippen LogP contribution in [0, 0.1) is 13.8 Å². The zero-order valence-electron chi connectivity index (χ0n) is 16.4. The predicted octanol–water partition coefficient (Wildman–Crippen LogP) is 2.00. The van der Waals surface area contributed by atoms with E-state index in [1.165, 1.54) is 62.3 Å². The zero-order valence-corrected chi connectivity index (χ0v) is 16.4. The molecule has 5 heteroatoms. The molecule has 25 heavy (non-hydrogen) atoms. The highest BCUT2D eigenvalue weighted by Gasteiger charge is 2.12. The zero-order chi connectivity index (χ0) is 18.1. The average molecular weight is 346 g/mol. The van der Waals surface area contributed by atoms with Gasteiger partial charge in [-0.2, -0.15) is 0 Å². The highest BCUT2D eigenvalue weighted by atomic mass is 15.2. The van der Waals surface area contributed by atoms with Crippen molar-refractivity contribution in [3.05, 3.63) is 34.9 Å². The maximum atomic E-state index is 4.32. The maximum absolute atomic E-state index is 4.32. The van der Waals surface area contributed by atoms with Crippen molar-refractivity contribution < 1.29 is 0 Å². The highest BCUT2D eigenvalue weighted by Crippen LogP contribution is 2.10. The Balaban J connectivity index is 1.60. The molecule has 0 aromatic heterocycles. The number of piperazine rings is 1. The fraction of sp³-hybridized carbons (Fsp3) is 0.650. The van der Waals surface area contributed by atoms with E-state index < -0.39 is 0 Å². The van der Waals surface area contributed by atoms with Gasteiger partial charge in [-0.05, 0) is 51.4 Å². The quantitative estimate of drug-likeness (QED) is 0.451. The van der Waals surface area contributed by atoms with Crippen LogP contribution in [0.3, 0.4) is 0 Å². The van der Waals surface area contributed by atoms with Crippen molar-refractivity contribution in [2.75, 3.05) is 53.4 Å². The van der Waals surface area contributed by atoms with Crippen molar-refractivity contribution in [3.63, 3.8) is 0 Å². The van der Waals surface area contributed by atoms with Gasteiger partial charge in [0.05, 0.1) is 0 Å². The van der Waals surface area contributed by atoms with Crippen LogP contribution in [0.2, 0.25) is 0 Å². The van der Waals surface area contributed by atoms with Crippen LogP contribution in [0.4, 0.5) is 0 Å². The van der Waals surface area contributed by atoms with E-state index in [0.29, 0.717) is 0 Å². The van der Waals surface area contributed by atoms with Crippen molar-refractivity contribution in [3.8, 4) is 0 Å². The Kier molecular flexibility index (Phi) is 8.22. The largest absolute Gasteiger partial charge is 0.356 e. The Morgan fingerprint density at radius 3 is 2.52 bits per heavy atom. The normalized spacial score (nSPS) is 16.9. The lowest BCUT2D eigenvalue weighted by molar-refractivity contribution is 0.152. The third kappa shape index (κ3) is 7.04. The monoisotopic (exact) mass is 345 g/mol. The average Bonchev–Trinajstić information content (AvgIpc) is 2.60. The summed E-state index contributed by atoms with van der Waals surface area (Å²) >= 11 is 0. The Morgan fingerprint density at radius 1 is 1.08 bits per heavy atom. The Hall–Kier alpha value is -1.59. The lowest BCUT2D eigenvalue weighted by Gasteiger charge is -2.32. The van der Waals surface area contributed by atoms with Gasteiger partial charge < -0.3 is 20.4 Å². The summed E-state index contributed by atoms with van der Waals surface area (Å²) in [5.74, 6) is 0.888. The van der Waals surface area contributed by atoms with Gasteiger partial charge in [-0.1, -0.05) is 23.8 Å². The minimum Gasteiger partial charge on any atom is -0.356 e. The van der Waals surface area contributed by atoms with Crippen molar-refractivity contribution in [2.45, 2.75) is 33.2 Å². The molecule has 1 aromatic carbocycles. The molecule has 0 aliphatic carbocycles. The summed E-state index contributed by atoms with van der Waals surface area (Å²) in [6.07, 6.45) is 2.42. The molecule has 0 saturated carbocycles. The number of likely N-dealkylation sites (N-methyl/N-ethyl adjacent to an activating group) is 1. The summed E-state index contributed by atoms with van der Waals surface area (Å²) in [6.45, 7) is 12.1. The van der Waals surface area contributed by atoms with Gasteiger partial charge in [-0.15, -0.1) is 0 Å². The Morgan fingerprint density at radius 2 is 1.84 bits per heavy atom. The van der Waals surface area contributed by atoms with Crippen molar-refractivity contribution in [1.82, 2.24) is 20.4 Å². The van der Waals surface area contributed by atoms with Crippen LogP contribution in [-0.4, -0.2) is 69.1 Å². The lowest BCUT2D eigenvalue weighted by atomic mass is 10.1. The Bertz CT molecular complexity index is 547. The van der Waals surface area contributed by atoms with Gasteiger partial charge in [0.1, 0.15) is 0 Å². The van der Waals surface area contributed by atoms with Gasteiger partial charge in [-0.3, -0.25) is 4.99 Å². The van der Waals surface area contributed by atoms with Crippen LogP contribution in [0.25, 0.3) is 0 Å². The molecule has 140 valence electrons. The van der Waals surface area contributed by atoms with E-state index in [-0.39, 0.29) is 0 Å². The number of hydrogen-bond acceptors (Lipinski definition) is 3. The van der Waals surface area contributed by atoms with Gasteiger partial charge in [0, 0.05) is 46.3 Å². The molecule has 0 amide bonds. The highest BCUT2D eigenvalue weighted by molar-refractivity contribution is 5.79. The second-order valence-electron chi connectivity index (χ2n) is 7.13. The van der Waals surface area contributed by atoms with Crippen LogP contribution >= 0.6 is 0 Å². The van der Waals surface area contributed by atoms with Crippen LogP contribution < -0.4 is 10.6 Å². The number of guanidine groups is 1. The predicted molar refractivity (Wildman–Crippen MR) is 107 cm³/mol. The molecule has 1 aromatic rings. The van der Waals surface area contributed by atoms with E-state index in [9.17, 15) is 0 Å². The molecule has 0 bridgehead atoms. The third-order valence-electron chi connectivity index (χ3n) is 4.96. The number of nitrogens with zero attached hydrogens (tertiary/aromatic N) is 3. The van der Waals surface area contributed by atoms with Gasteiger partial charge >= 0.3 is 0 Å². The summed E-state index contributed by atoms with van der Waals surface area (Å²) in [5, 5.41) is 6.84. The molecule has 0 unspecified atom stereocenters. The summed E-state index contributed by atoms with van der Waals surface area (Å²) in [4.78, 5) is 9.31. The standard InChI is InChI=1S/C20H35N5/c1-17-7-8-19(18(2)15-17)16-23-20(21-3)22-9-5-6-10-25-13-11-24(4)12-14-25/h7-8,15H,5-6,9-14,16H2,1-4H3,(H2,21,22,23). The first kappa shape index (κ1) is 19.7. The molecule has 0 spiro atoms. The van der Waals surface area contributed by atoms with E-state index in [2.05, 4.69) is 64.5 Å². The molecular formula is C20H35N5. The summed E-state index contributed by atoms with van der Waals surface area (Å²) in [7, 11) is 4.04. The molecule has 2 N–H and O–H groups in total. The molecule has 0 radical (unpaired) electrons. The number of benzene rings is 1. The molecule has 1 saturated heterocycles. The number of nitrogens with one attached hydrogen (secondary N) is 2. The number of aliphatic imine (C=N–C) groups is 1. The SMILES string of the molecule is CN=C(NCCCCN1CCN(C)CC1)NCc1ccc(C)cc1C. The van der Waals surface area contributed by atoms with Crippen LogP contribution in [0.1, 0.15) is 29.5 Å². The topological polar surface area (TPSA) is 42.9 Å². The van der Waals surface area contributed by atoms with Gasteiger partial charge in [0.15, 0.2) is 5.96 Å². The van der Waals surface area contributed by atoms with Gasteiger partial charge in [-0.25, -0.2) is 0 Å². The van der Waals surface area contributed by atoms with Crippen LogP contribution in [0.5, 0.6) is 0 Å². The molecular weight excluding hydrogens is 310 g/mol. The maximum Gasteiger partial charge on any atom is 0.191 e. The fourth-order valence-electron chi connectivity index (χ4n) is 3.18. The molecule has 1 aliphatic heterocycles. The van der Waals surface area contributed by atoms with Gasteiger partial charge in [0.25, 0.3) is 0 Å². The smallest absolute Gasteiger partial charge is 0.191 e. The van der Waals surface area contributed by atoms with E-state index in [4.69, 9.17) is 0 Å². The second kappa shape index (κ2) is 10.4. The van der Waals surface area contributed by atoms with Crippen molar-refractivity contribution in [2.24, 2.45) is 4.99 Å². The molecule has 5 nitrogen and oxygen atoms in total. The van der Waals surface area contributed by atoms with E-state index >= 15 is 0 Å². The van der Waals surface area contributed by atoms with Crippen LogP contribution in [-0.2, 0) is 6.54 Å². The second-order valence-corrected chi connectivity index (χ2v) is 7.13. The number of unbranched alkanes of at least 4 members (excludes halogenated alkanes) is 1. The first-order chi connectivity index (χ1) is 12.1. The molecule has 1 heterocycles. The molecule has 1 aliphatic rings. The third-order valence-corrected chi connectivity index (χ3v) is 4.96. The summed E-state index contributed by atoms with van der Waals surface area (Å²) in [5.41, 5.74) is 3.96. The fourth-order valence-corrected chi connectivity index (χ4v) is 3.18.